The van der Waals surface area contributed by atoms with Gasteiger partial charge in [-0.3, -0.25) is 0 Å². The summed E-state index contributed by atoms with van der Waals surface area (Å²) < 4.78 is 0. The average molecular weight is 139 g/mol. The van der Waals surface area contributed by atoms with Crippen LogP contribution in [0.25, 0.3) is 0 Å². The second-order valence-electron chi connectivity index (χ2n) is 1.56. The van der Waals surface area contributed by atoms with E-state index in [4.69, 9.17) is 5.73 Å². The lowest BCUT2D eigenvalue weighted by Gasteiger charge is -1.89. The largest absolute Gasteiger partial charge is 0.368 e. The summed E-state index contributed by atoms with van der Waals surface area (Å²) in [6, 6.07) is 1.80. The van der Waals surface area contributed by atoms with Crippen molar-refractivity contribution in [3.63, 3.8) is 0 Å². The van der Waals surface area contributed by atoms with E-state index in [0.717, 1.165) is 5.69 Å². The van der Waals surface area contributed by atoms with Crippen LogP contribution in [-0.4, -0.2) is 9.97 Å². The Morgan fingerprint density at radius 2 is 2.00 bits per heavy atom. The van der Waals surface area contributed by atoms with Gasteiger partial charge in [-0.15, -0.1) is 0 Å². The van der Waals surface area contributed by atoms with Crippen LogP contribution in [0.5, 0.6) is 0 Å². The summed E-state index contributed by atoms with van der Waals surface area (Å²) in [6.45, 7) is 5.87. The number of rotatable bonds is 0. The van der Waals surface area contributed by atoms with Gasteiger partial charge in [-0.25, -0.2) is 9.97 Å². The zero-order valence-corrected chi connectivity index (χ0v) is 6.63. The molecule has 3 nitrogen and oxygen atoms in total. The van der Waals surface area contributed by atoms with Gasteiger partial charge < -0.3 is 5.73 Å². The zero-order chi connectivity index (χ0) is 7.98. The standard InChI is InChI=1S/C5H7N3.C2H6/c1-4-2-3-7-5(6)8-4;1-2/h2-3H,1H3,(H2,6,7,8);1-2H3. The Balaban J connectivity index is 0.000000371. The van der Waals surface area contributed by atoms with Crippen molar-refractivity contribution in [1.29, 1.82) is 0 Å². The van der Waals surface area contributed by atoms with Gasteiger partial charge in [-0.1, -0.05) is 13.8 Å². The fourth-order valence-corrected chi connectivity index (χ4v) is 0.468. The minimum atomic E-state index is 0.338. The van der Waals surface area contributed by atoms with Gasteiger partial charge in [0.2, 0.25) is 5.95 Å². The fraction of sp³-hybridized carbons (Fsp3) is 0.429. The van der Waals surface area contributed by atoms with E-state index in [-0.39, 0.29) is 0 Å². The first kappa shape index (κ1) is 8.88. The molecule has 0 unspecified atom stereocenters. The minimum absolute atomic E-state index is 0.338. The zero-order valence-electron chi connectivity index (χ0n) is 6.63. The molecule has 0 aliphatic heterocycles. The van der Waals surface area contributed by atoms with Crippen molar-refractivity contribution in [2.45, 2.75) is 20.8 Å². The lowest BCUT2D eigenvalue weighted by molar-refractivity contribution is 1.12. The number of hydrogen-bond acceptors (Lipinski definition) is 3. The summed E-state index contributed by atoms with van der Waals surface area (Å²) in [4.78, 5) is 7.55. The Kier molecular flexibility index (Phi) is 4.20. The molecule has 0 aromatic carbocycles. The van der Waals surface area contributed by atoms with Gasteiger partial charge in [-0.2, -0.15) is 0 Å². The van der Waals surface area contributed by atoms with Crippen LogP contribution < -0.4 is 5.73 Å². The molecular formula is C7H13N3. The Morgan fingerprint density at radius 1 is 1.40 bits per heavy atom. The van der Waals surface area contributed by atoms with Crippen molar-refractivity contribution < 1.29 is 0 Å². The van der Waals surface area contributed by atoms with Gasteiger partial charge in [0.1, 0.15) is 0 Å². The predicted molar refractivity (Wildman–Crippen MR) is 42.5 cm³/mol. The van der Waals surface area contributed by atoms with Gasteiger partial charge >= 0.3 is 0 Å². The number of aromatic nitrogens is 2. The molecule has 0 aliphatic rings. The van der Waals surface area contributed by atoms with Crippen LogP contribution in [-0.2, 0) is 0 Å². The number of hydrogen-bond donors (Lipinski definition) is 1. The molecule has 0 radical (unpaired) electrons. The monoisotopic (exact) mass is 139 g/mol. The molecule has 0 saturated carbocycles. The second-order valence-corrected chi connectivity index (χ2v) is 1.56. The Labute approximate surface area is 61.3 Å². The van der Waals surface area contributed by atoms with Crippen molar-refractivity contribution in [3.05, 3.63) is 18.0 Å². The van der Waals surface area contributed by atoms with Crippen molar-refractivity contribution >= 4 is 5.95 Å². The third-order valence-electron chi connectivity index (χ3n) is 0.813. The molecule has 10 heavy (non-hydrogen) atoms. The number of nitrogen functional groups attached to an aromatic ring is 1. The van der Waals surface area contributed by atoms with Crippen LogP contribution in [0, 0.1) is 6.92 Å². The highest BCUT2D eigenvalue weighted by molar-refractivity contribution is 5.15. The van der Waals surface area contributed by atoms with Crippen molar-refractivity contribution in [3.8, 4) is 0 Å². The SMILES string of the molecule is CC.Cc1ccnc(N)n1. The molecule has 0 atom stereocenters. The van der Waals surface area contributed by atoms with Crippen LogP contribution >= 0.6 is 0 Å². The molecule has 1 rings (SSSR count). The topological polar surface area (TPSA) is 51.8 Å². The van der Waals surface area contributed by atoms with E-state index in [1.807, 2.05) is 20.8 Å². The Morgan fingerprint density at radius 3 is 2.30 bits per heavy atom. The van der Waals surface area contributed by atoms with Gasteiger partial charge in [-0.05, 0) is 13.0 Å². The lowest BCUT2D eigenvalue weighted by atomic mass is 10.5. The first-order valence-electron chi connectivity index (χ1n) is 3.34. The van der Waals surface area contributed by atoms with Crippen molar-refractivity contribution in [2.75, 3.05) is 5.73 Å². The molecule has 0 saturated heterocycles. The number of nitrogens with two attached hydrogens (primary N) is 1. The Hall–Kier alpha value is -1.12. The second kappa shape index (κ2) is 4.73. The summed E-state index contributed by atoms with van der Waals surface area (Å²) in [5, 5.41) is 0. The molecule has 0 spiro atoms. The molecule has 1 aromatic heterocycles. The minimum Gasteiger partial charge on any atom is -0.368 e. The van der Waals surface area contributed by atoms with Gasteiger partial charge in [0, 0.05) is 11.9 Å². The first-order valence-corrected chi connectivity index (χ1v) is 3.34. The van der Waals surface area contributed by atoms with Gasteiger partial charge in [0.05, 0.1) is 0 Å². The maximum Gasteiger partial charge on any atom is 0.220 e. The van der Waals surface area contributed by atoms with Crippen LogP contribution in [0.4, 0.5) is 5.95 Å². The summed E-state index contributed by atoms with van der Waals surface area (Å²) in [7, 11) is 0. The number of anilines is 1. The molecule has 0 aliphatic carbocycles. The van der Waals surface area contributed by atoms with E-state index in [1.54, 1.807) is 12.3 Å². The molecule has 0 bridgehead atoms. The third kappa shape index (κ3) is 3.02. The summed E-state index contributed by atoms with van der Waals surface area (Å²) in [5.74, 6) is 0.338. The molecule has 0 amide bonds. The highest BCUT2D eigenvalue weighted by Crippen LogP contribution is 1.91. The number of nitrogens with zero attached hydrogens (tertiary/aromatic N) is 2. The lowest BCUT2D eigenvalue weighted by Crippen LogP contribution is -1.93. The summed E-state index contributed by atoms with van der Waals surface area (Å²) in [5.41, 5.74) is 6.14. The molecule has 1 heterocycles. The van der Waals surface area contributed by atoms with Crippen molar-refractivity contribution in [2.24, 2.45) is 0 Å². The van der Waals surface area contributed by atoms with E-state index in [9.17, 15) is 0 Å². The first-order chi connectivity index (χ1) is 4.79. The molecular weight excluding hydrogens is 126 g/mol. The van der Waals surface area contributed by atoms with Crippen LogP contribution in [0.2, 0.25) is 0 Å². The maximum atomic E-state index is 5.24. The predicted octanol–water partition coefficient (Wildman–Crippen LogP) is 1.39. The van der Waals surface area contributed by atoms with Crippen molar-refractivity contribution in [1.82, 2.24) is 9.97 Å². The van der Waals surface area contributed by atoms with E-state index < -0.39 is 0 Å². The smallest absolute Gasteiger partial charge is 0.220 e. The highest BCUT2D eigenvalue weighted by Gasteiger charge is 1.84. The molecule has 2 N–H and O–H groups in total. The quantitative estimate of drug-likeness (QED) is 0.591. The van der Waals surface area contributed by atoms with Crippen LogP contribution in [0.15, 0.2) is 12.3 Å². The third-order valence-corrected chi connectivity index (χ3v) is 0.813. The molecule has 0 fully saturated rings. The van der Waals surface area contributed by atoms with E-state index in [2.05, 4.69) is 9.97 Å². The highest BCUT2D eigenvalue weighted by atomic mass is 15.0. The number of aryl methyl sites for hydroxylation is 1. The Bertz CT molecular complexity index is 169. The molecule has 56 valence electrons. The van der Waals surface area contributed by atoms with Gasteiger partial charge in [0.25, 0.3) is 0 Å². The van der Waals surface area contributed by atoms with E-state index in [0.29, 0.717) is 5.95 Å². The summed E-state index contributed by atoms with van der Waals surface area (Å²) >= 11 is 0. The fourth-order valence-electron chi connectivity index (χ4n) is 0.468. The maximum absolute atomic E-state index is 5.24. The average Bonchev–Trinajstić information content (AvgIpc) is 1.91. The van der Waals surface area contributed by atoms with Crippen LogP contribution in [0.3, 0.4) is 0 Å². The van der Waals surface area contributed by atoms with Crippen LogP contribution in [0.1, 0.15) is 19.5 Å². The molecule has 1 aromatic rings. The van der Waals surface area contributed by atoms with Gasteiger partial charge in [0.15, 0.2) is 0 Å². The van der Waals surface area contributed by atoms with E-state index in [1.165, 1.54) is 0 Å². The molecule has 3 heteroatoms. The normalized spacial score (nSPS) is 7.90. The summed E-state index contributed by atoms with van der Waals surface area (Å²) in [6.07, 6.45) is 1.64. The van der Waals surface area contributed by atoms with E-state index >= 15 is 0 Å².